The maximum Gasteiger partial charge on any atom is 0.405 e. The standard InChI is InChI=1S/C7H13F3N2O.ClH/c1-2-3-5(11)6(13)12-4-7(8,9)10;/h5H,2-4,11H2,1H3,(H,12,13);1H/t5-;/m1./s1. The fraction of sp³-hybridized carbons (Fsp3) is 0.857. The molecule has 0 heterocycles. The van der Waals surface area contributed by atoms with Crippen LogP contribution in [0.4, 0.5) is 13.2 Å². The molecule has 0 aromatic carbocycles. The van der Waals surface area contributed by atoms with Crippen molar-refractivity contribution in [3.05, 3.63) is 0 Å². The van der Waals surface area contributed by atoms with Crippen molar-refractivity contribution >= 4 is 18.3 Å². The average molecular weight is 235 g/mol. The van der Waals surface area contributed by atoms with E-state index in [2.05, 4.69) is 0 Å². The lowest BCUT2D eigenvalue weighted by atomic mass is 10.2. The van der Waals surface area contributed by atoms with E-state index >= 15 is 0 Å². The van der Waals surface area contributed by atoms with Gasteiger partial charge in [-0.3, -0.25) is 4.79 Å². The maximum absolute atomic E-state index is 11.6. The first-order valence-electron chi connectivity index (χ1n) is 3.97. The number of rotatable bonds is 4. The Morgan fingerprint density at radius 2 is 2.00 bits per heavy atom. The Labute approximate surface area is 86.6 Å². The molecule has 0 aliphatic heterocycles. The molecule has 86 valence electrons. The van der Waals surface area contributed by atoms with Crippen LogP contribution in [0.1, 0.15) is 19.8 Å². The highest BCUT2D eigenvalue weighted by molar-refractivity contribution is 5.85. The molecular formula is C7H14ClF3N2O. The van der Waals surface area contributed by atoms with Crippen molar-refractivity contribution in [3.63, 3.8) is 0 Å². The molecule has 7 heteroatoms. The molecule has 0 aromatic heterocycles. The highest BCUT2D eigenvalue weighted by Crippen LogP contribution is 2.12. The molecule has 0 spiro atoms. The second-order valence-corrected chi connectivity index (χ2v) is 2.73. The highest BCUT2D eigenvalue weighted by Gasteiger charge is 2.28. The van der Waals surface area contributed by atoms with Crippen LogP contribution in [-0.4, -0.2) is 24.7 Å². The summed E-state index contributed by atoms with van der Waals surface area (Å²) < 4.78 is 34.8. The molecule has 0 fully saturated rings. The molecule has 0 bridgehead atoms. The largest absolute Gasteiger partial charge is 0.405 e. The molecule has 1 amide bonds. The van der Waals surface area contributed by atoms with Gasteiger partial charge in [0, 0.05) is 0 Å². The number of nitrogens with one attached hydrogen (secondary N) is 1. The van der Waals surface area contributed by atoms with Crippen LogP contribution in [0.15, 0.2) is 0 Å². The van der Waals surface area contributed by atoms with E-state index in [1.807, 2.05) is 0 Å². The van der Waals surface area contributed by atoms with E-state index < -0.39 is 24.7 Å². The SMILES string of the molecule is CCC[C@@H](N)C(=O)NCC(F)(F)F.Cl. The van der Waals surface area contributed by atoms with E-state index in [0.717, 1.165) is 0 Å². The van der Waals surface area contributed by atoms with Crippen LogP contribution in [-0.2, 0) is 4.79 Å². The number of hydrogen-bond acceptors (Lipinski definition) is 2. The third-order valence-corrected chi connectivity index (χ3v) is 1.40. The first-order valence-corrected chi connectivity index (χ1v) is 3.97. The summed E-state index contributed by atoms with van der Waals surface area (Å²) in [6, 6.07) is -0.840. The van der Waals surface area contributed by atoms with Crippen molar-refractivity contribution in [1.82, 2.24) is 5.32 Å². The number of nitrogens with two attached hydrogens (primary N) is 1. The summed E-state index contributed by atoms with van der Waals surface area (Å²) in [5.74, 6) is -0.751. The zero-order valence-electron chi connectivity index (χ0n) is 7.73. The predicted molar refractivity (Wildman–Crippen MR) is 49.2 cm³/mol. The molecule has 3 nitrogen and oxygen atoms in total. The van der Waals surface area contributed by atoms with E-state index in [-0.39, 0.29) is 12.4 Å². The summed E-state index contributed by atoms with van der Waals surface area (Å²) in [5, 5.41) is 1.72. The molecule has 0 saturated carbocycles. The minimum absolute atomic E-state index is 0. The molecular weight excluding hydrogens is 221 g/mol. The highest BCUT2D eigenvalue weighted by atomic mass is 35.5. The third kappa shape index (κ3) is 8.12. The Morgan fingerprint density at radius 3 is 2.36 bits per heavy atom. The number of carbonyl (C=O) groups is 1. The Morgan fingerprint density at radius 1 is 1.50 bits per heavy atom. The molecule has 3 N–H and O–H groups in total. The summed E-state index contributed by atoms with van der Waals surface area (Å²) in [7, 11) is 0. The lowest BCUT2D eigenvalue weighted by Crippen LogP contribution is -2.44. The van der Waals surface area contributed by atoms with Gasteiger partial charge in [-0.2, -0.15) is 13.2 Å². The molecule has 0 saturated heterocycles. The lowest BCUT2D eigenvalue weighted by molar-refractivity contribution is -0.139. The second-order valence-electron chi connectivity index (χ2n) is 2.73. The van der Waals surface area contributed by atoms with E-state index in [4.69, 9.17) is 5.73 Å². The molecule has 14 heavy (non-hydrogen) atoms. The lowest BCUT2D eigenvalue weighted by Gasteiger charge is -2.12. The van der Waals surface area contributed by atoms with Crippen LogP contribution < -0.4 is 11.1 Å². The molecule has 1 atom stereocenters. The molecule has 0 radical (unpaired) electrons. The molecule has 0 unspecified atom stereocenters. The van der Waals surface area contributed by atoms with Crippen LogP contribution in [0, 0.1) is 0 Å². The third-order valence-electron chi connectivity index (χ3n) is 1.40. The first kappa shape index (κ1) is 16.0. The van der Waals surface area contributed by atoms with Gasteiger partial charge in [0.15, 0.2) is 0 Å². The van der Waals surface area contributed by atoms with Crippen LogP contribution in [0.3, 0.4) is 0 Å². The van der Waals surface area contributed by atoms with E-state index in [0.29, 0.717) is 12.8 Å². The zero-order chi connectivity index (χ0) is 10.5. The topological polar surface area (TPSA) is 55.1 Å². The van der Waals surface area contributed by atoms with Crippen molar-refractivity contribution in [2.75, 3.05) is 6.54 Å². The van der Waals surface area contributed by atoms with Gasteiger partial charge in [0.25, 0.3) is 0 Å². The molecule has 0 aliphatic rings. The average Bonchev–Trinajstić information content (AvgIpc) is 1.99. The van der Waals surface area contributed by atoms with Gasteiger partial charge in [0.1, 0.15) is 6.54 Å². The van der Waals surface area contributed by atoms with Gasteiger partial charge < -0.3 is 11.1 Å². The van der Waals surface area contributed by atoms with E-state index in [1.54, 1.807) is 12.2 Å². The van der Waals surface area contributed by atoms with Gasteiger partial charge in [-0.1, -0.05) is 13.3 Å². The molecule has 0 aromatic rings. The van der Waals surface area contributed by atoms with Crippen molar-refractivity contribution in [1.29, 1.82) is 0 Å². The number of carbonyl (C=O) groups excluding carboxylic acids is 1. The van der Waals surface area contributed by atoms with Gasteiger partial charge in [-0.05, 0) is 6.42 Å². The van der Waals surface area contributed by atoms with E-state index in [1.165, 1.54) is 0 Å². The number of amides is 1. The summed E-state index contributed by atoms with van der Waals surface area (Å²) in [4.78, 5) is 10.8. The number of halogens is 4. The number of hydrogen-bond donors (Lipinski definition) is 2. The van der Waals surface area contributed by atoms with Crippen molar-refractivity contribution in [2.45, 2.75) is 32.0 Å². The van der Waals surface area contributed by atoms with Crippen LogP contribution in [0.5, 0.6) is 0 Å². The minimum Gasteiger partial charge on any atom is -0.346 e. The van der Waals surface area contributed by atoms with E-state index in [9.17, 15) is 18.0 Å². The fourth-order valence-electron chi connectivity index (χ4n) is 0.761. The van der Waals surface area contributed by atoms with Gasteiger partial charge in [0.2, 0.25) is 5.91 Å². The normalized spacial score (nSPS) is 12.9. The molecule has 0 aliphatic carbocycles. The van der Waals surface area contributed by atoms with Crippen molar-refractivity contribution in [3.8, 4) is 0 Å². The minimum atomic E-state index is -4.37. The summed E-state index contributed by atoms with van der Waals surface area (Å²) in [5.41, 5.74) is 5.28. The quantitative estimate of drug-likeness (QED) is 0.768. The van der Waals surface area contributed by atoms with Gasteiger partial charge in [-0.15, -0.1) is 12.4 Å². The predicted octanol–water partition coefficient (Wildman–Crippen LogP) is 1.21. The Hall–Kier alpha value is -0.490. The Bertz CT molecular complexity index is 175. The number of alkyl halides is 3. The smallest absolute Gasteiger partial charge is 0.346 e. The van der Waals surface area contributed by atoms with Gasteiger partial charge >= 0.3 is 6.18 Å². The second kappa shape index (κ2) is 6.89. The Kier molecular flexibility index (Phi) is 7.85. The van der Waals surface area contributed by atoms with Gasteiger partial charge in [0.05, 0.1) is 6.04 Å². The van der Waals surface area contributed by atoms with Crippen LogP contribution in [0.25, 0.3) is 0 Å². The zero-order valence-corrected chi connectivity index (χ0v) is 8.54. The summed E-state index contributed by atoms with van der Waals surface area (Å²) in [6.45, 7) is 0.486. The van der Waals surface area contributed by atoms with Crippen molar-refractivity contribution < 1.29 is 18.0 Å². The van der Waals surface area contributed by atoms with Gasteiger partial charge in [-0.25, -0.2) is 0 Å². The maximum atomic E-state index is 11.6. The van der Waals surface area contributed by atoms with Crippen molar-refractivity contribution in [2.24, 2.45) is 5.73 Å². The van der Waals surface area contributed by atoms with Crippen LogP contribution >= 0.6 is 12.4 Å². The van der Waals surface area contributed by atoms with Crippen LogP contribution in [0.2, 0.25) is 0 Å². The Balaban J connectivity index is 0. The summed E-state index contributed by atoms with van der Waals surface area (Å²) >= 11 is 0. The molecule has 0 rings (SSSR count). The first-order chi connectivity index (χ1) is 5.87. The fourth-order valence-corrected chi connectivity index (χ4v) is 0.761. The monoisotopic (exact) mass is 234 g/mol. The summed E-state index contributed by atoms with van der Waals surface area (Å²) in [6.07, 6.45) is -3.31.